The van der Waals surface area contributed by atoms with E-state index in [4.69, 9.17) is 68.3 Å². The summed E-state index contributed by atoms with van der Waals surface area (Å²) in [6.45, 7) is 4.95. The fraction of sp³-hybridized carbons (Fsp3) is 0.385. The molecule has 0 atom stereocenters. The van der Waals surface area contributed by atoms with Crippen molar-refractivity contribution in [1.82, 2.24) is 15.0 Å². The van der Waals surface area contributed by atoms with Crippen LogP contribution in [-0.2, 0) is 4.57 Å². The molecule has 59 heavy (non-hydrogen) atoms. The lowest BCUT2D eigenvalue weighted by molar-refractivity contribution is -0.870. The smallest absolute Gasteiger partial charge is 0.144 e. The number of nitrogens with one attached hydrogen (secondary N) is 3. The highest BCUT2D eigenvalue weighted by molar-refractivity contribution is 9.11. The zero-order chi connectivity index (χ0) is 44.5. The molecule has 0 spiro atoms. The van der Waals surface area contributed by atoms with Gasteiger partial charge in [0.05, 0.1) is 95.0 Å². The Morgan fingerprint density at radius 1 is 0.508 bits per heavy atom. The van der Waals surface area contributed by atoms with Crippen LogP contribution in [0.4, 0.5) is 0 Å². The Balaban J connectivity index is 0.000000223. The summed E-state index contributed by atoms with van der Waals surface area (Å²) in [5.41, 5.74) is 2.97. The number of nitrogens with zero attached hydrogens (tertiary/aromatic N) is 3. The van der Waals surface area contributed by atoms with Crippen LogP contribution < -0.4 is 28.9 Å². The maximum Gasteiger partial charge on any atom is 0.144 e. The number of aromatic amines is 3. The molecule has 0 aliphatic carbocycles. The molecule has 3 heterocycles. The van der Waals surface area contributed by atoms with Crippen LogP contribution in [0.5, 0.6) is 17.2 Å². The minimum Gasteiger partial charge on any atom is -0.822 e. The molecule has 6 rings (SSSR count). The van der Waals surface area contributed by atoms with Crippen LogP contribution >= 0.6 is 90.4 Å². The summed E-state index contributed by atoms with van der Waals surface area (Å²) in [6.07, 6.45) is 5.63. The molecule has 0 aliphatic rings. The Morgan fingerprint density at radius 3 is 0.932 bits per heavy atom. The lowest BCUT2D eigenvalue weighted by Gasteiger charge is -2.36. The number of fused-ring (bicyclic) bond motifs is 3. The number of ether oxygens (including phenoxy) is 3. The molecule has 0 bridgehead atoms. The minimum absolute atomic E-state index is 0.691. The number of likely N-dealkylation sites (N-methyl/N-ethyl adjacent to an activating group) is 3. The largest absolute Gasteiger partial charge is 0.822 e. The predicted molar refractivity (Wildman–Crippen MR) is 246 cm³/mol. The van der Waals surface area contributed by atoms with E-state index in [0.29, 0.717) is 34.9 Å². The van der Waals surface area contributed by atoms with Crippen molar-refractivity contribution in [3.05, 3.63) is 83.5 Å². The number of rotatable bonds is 12. The lowest BCUT2D eigenvalue weighted by Crippen LogP contribution is -2.38. The van der Waals surface area contributed by atoms with Gasteiger partial charge in [-0.05, 0) is 84.2 Å². The van der Waals surface area contributed by atoms with E-state index in [9.17, 15) is 0 Å². The standard InChI is InChI=1S/3C13H17BrClN2O.H3O4P/c3*1-17(2,3)4-5-18-13-8-16-12-7-11(15)10(14)6-9(12)13;1-5(2,3)4/h3*6-8,16H,4-5H2,1-3H3;(H3,1,2,3,4)/q3*+1;/p-3. The molecular formula is C39H51Br3Cl3N6O7P. The van der Waals surface area contributed by atoms with Crippen molar-refractivity contribution in [2.24, 2.45) is 0 Å². The van der Waals surface area contributed by atoms with Crippen LogP contribution in [-0.4, -0.2) is 131 Å². The van der Waals surface area contributed by atoms with Gasteiger partial charge in [-0.3, -0.25) is 0 Å². The molecule has 0 amide bonds. The average molecular weight is 1090 g/mol. The normalized spacial score (nSPS) is 12.0. The molecule has 0 saturated carbocycles. The molecule has 13 nitrogen and oxygen atoms in total. The van der Waals surface area contributed by atoms with Gasteiger partial charge in [0, 0.05) is 48.2 Å². The van der Waals surface area contributed by atoms with E-state index < -0.39 is 7.82 Å². The highest BCUT2D eigenvalue weighted by atomic mass is 79.9. The van der Waals surface area contributed by atoms with Gasteiger partial charge in [0.1, 0.15) is 56.7 Å². The molecule has 3 N–H and O–H groups in total. The first-order valence-corrected chi connectivity index (χ1v) is 23.0. The van der Waals surface area contributed by atoms with Crippen molar-refractivity contribution >= 4 is 123 Å². The van der Waals surface area contributed by atoms with Crippen molar-refractivity contribution < 1.29 is 46.9 Å². The Bertz CT molecular complexity index is 2100. The number of aromatic nitrogens is 3. The molecule has 20 heteroatoms. The Hall–Kier alpha value is -2.02. The van der Waals surface area contributed by atoms with E-state index in [1.807, 2.05) is 55.0 Å². The molecule has 3 aromatic heterocycles. The first-order chi connectivity index (χ1) is 27.1. The number of H-pyrrole nitrogens is 3. The Labute approximate surface area is 385 Å². The second kappa shape index (κ2) is 21.9. The molecular weight excluding hydrogens is 1040 g/mol. The summed E-state index contributed by atoms with van der Waals surface area (Å²) < 4.78 is 31.3. The number of hydrogen-bond acceptors (Lipinski definition) is 7. The highest BCUT2D eigenvalue weighted by Gasteiger charge is 2.14. The van der Waals surface area contributed by atoms with Crippen molar-refractivity contribution in [3.63, 3.8) is 0 Å². The number of benzene rings is 3. The number of halogens is 6. The molecule has 0 unspecified atom stereocenters. The van der Waals surface area contributed by atoms with Crippen LogP contribution in [0.25, 0.3) is 32.7 Å². The van der Waals surface area contributed by atoms with E-state index in [1.54, 1.807) is 0 Å². The third-order valence-electron chi connectivity index (χ3n) is 8.11. The topological polar surface area (TPSA) is 161 Å². The molecule has 0 fully saturated rings. The summed E-state index contributed by atoms with van der Waals surface area (Å²) in [5.74, 6) is 2.61. The van der Waals surface area contributed by atoms with E-state index in [2.05, 4.69) is 126 Å². The molecule has 0 aliphatic heterocycles. The predicted octanol–water partition coefficient (Wildman–Crippen LogP) is 8.18. The van der Waals surface area contributed by atoms with Crippen molar-refractivity contribution in [1.29, 1.82) is 0 Å². The van der Waals surface area contributed by atoms with E-state index in [0.717, 1.165) is 96.5 Å². The second-order valence-electron chi connectivity index (χ2n) is 16.4. The van der Waals surface area contributed by atoms with Crippen LogP contribution in [0.1, 0.15) is 0 Å². The summed E-state index contributed by atoms with van der Waals surface area (Å²) in [5, 5.41) is 5.24. The first-order valence-electron chi connectivity index (χ1n) is 18.0. The molecule has 326 valence electrons. The summed E-state index contributed by atoms with van der Waals surface area (Å²) >= 11 is 28.4. The van der Waals surface area contributed by atoms with Gasteiger partial charge in [0.15, 0.2) is 0 Å². The first kappa shape index (κ1) is 51.3. The number of hydrogen-bond donors (Lipinski definition) is 3. The lowest BCUT2D eigenvalue weighted by atomic mass is 10.2. The molecule has 3 aromatic carbocycles. The van der Waals surface area contributed by atoms with Gasteiger partial charge in [-0.25, -0.2) is 0 Å². The summed E-state index contributed by atoms with van der Waals surface area (Å²) in [7, 11) is 13.9. The Morgan fingerprint density at radius 2 is 0.729 bits per heavy atom. The van der Waals surface area contributed by atoms with Crippen LogP contribution in [0.15, 0.2) is 68.4 Å². The molecule has 6 aromatic rings. The third-order valence-corrected chi connectivity index (χ3v) is 11.7. The van der Waals surface area contributed by atoms with E-state index >= 15 is 0 Å². The molecule has 0 saturated heterocycles. The molecule has 0 radical (unpaired) electrons. The maximum atomic E-state index is 8.55. The van der Waals surface area contributed by atoms with E-state index in [1.165, 1.54) is 0 Å². The van der Waals surface area contributed by atoms with Gasteiger partial charge in [-0.2, -0.15) is 7.82 Å². The van der Waals surface area contributed by atoms with Gasteiger partial charge in [-0.15, -0.1) is 0 Å². The monoisotopic (exact) mass is 1090 g/mol. The number of phosphoric acid groups is 1. The van der Waals surface area contributed by atoms with Gasteiger partial charge >= 0.3 is 0 Å². The van der Waals surface area contributed by atoms with Crippen LogP contribution in [0.2, 0.25) is 15.1 Å². The summed E-state index contributed by atoms with van der Waals surface area (Å²) in [4.78, 5) is 35.2. The van der Waals surface area contributed by atoms with Gasteiger partial charge in [0.2, 0.25) is 0 Å². The van der Waals surface area contributed by atoms with E-state index in [-0.39, 0.29) is 0 Å². The number of quaternary nitrogens is 3. The van der Waals surface area contributed by atoms with Gasteiger partial charge in [-0.1, -0.05) is 34.8 Å². The second-order valence-corrected chi connectivity index (χ2v) is 21.1. The van der Waals surface area contributed by atoms with Crippen LogP contribution in [0.3, 0.4) is 0 Å². The third kappa shape index (κ3) is 18.5. The zero-order valence-electron chi connectivity index (χ0n) is 34.4. The fourth-order valence-electron chi connectivity index (χ4n) is 4.92. The minimum atomic E-state index is -5.39. The highest BCUT2D eigenvalue weighted by Crippen LogP contribution is 2.35. The van der Waals surface area contributed by atoms with Crippen molar-refractivity contribution in [2.75, 3.05) is 103 Å². The maximum absolute atomic E-state index is 8.55. The van der Waals surface area contributed by atoms with Crippen LogP contribution in [0, 0.1) is 0 Å². The summed E-state index contributed by atoms with van der Waals surface area (Å²) in [6, 6.07) is 11.6. The van der Waals surface area contributed by atoms with Gasteiger partial charge < -0.3 is 61.9 Å². The van der Waals surface area contributed by atoms with Crippen molar-refractivity contribution in [3.8, 4) is 17.2 Å². The van der Waals surface area contributed by atoms with Gasteiger partial charge in [0.25, 0.3) is 0 Å². The quantitative estimate of drug-likeness (QED) is 0.0823. The zero-order valence-corrected chi connectivity index (χ0v) is 42.3. The average Bonchev–Trinajstić information content (AvgIpc) is 3.77. The SMILES string of the molecule is C[N+](C)(C)CCOc1c[nH]c2cc(Cl)c(Br)cc12.C[N+](C)(C)CCOc1c[nH]c2cc(Cl)c(Br)cc12.C[N+](C)(C)CCOc1c[nH]c2cc(Cl)c(Br)cc12.O=P([O-])([O-])[O-]. The Kier molecular flexibility index (Phi) is 19.0. The van der Waals surface area contributed by atoms with Crippen molar-refractivity contribution in [2.45, 2.75) is 0 Å². The fourth-order valence-corrected chi connectivity index (χ4v) is 6.44.